The van der Waals surface area contributed by atoms with Crippen LogP contribution in [0.5, 0.6) is 0 Å². The number of hydrogen-bond acceptors (Lipinski definition) is 3. The van der Waals surface area contributed by atoms with Gasteiger partial charge in [-0.05, 0) is 28.3 Å². The van der Waals surface area contributed by atoms with Gasteiger partial charge < -0.3 is 5.11 Å². The molecule has 0 spiro atoms. The van der Waals surface area contributed by atoms with Crippen molar-refractivity contribution in [3.8, 4) is 22.4 Å². The zero-order valence-corrected chi connectivity index (χ0v) is 28.5. The van der Waals surface area contributed by atoms with Crippen LogP contribution < -0.4 is 5.19 Å². The Morgan fingerprint density at radius 2 is 1.62 bits per heavy atom. The number of nitrogens with zero attached hydrogens (tertiary/aromatic N) is 1. The van der Waals surface area contributed by atoms with Crippen LogP contribution in [0, 0.1) is 6.07 Å². The molecule has 1 heterocycles. The van der Waals surface area contributed by atoms with E-state index in [-0.39, 0.29) is 37.1 Å². The van der Waals surface area contributed by atoms with Crippen LogP contribution in [-0.2, 0) is 30.3 Å². The van der Waals surface area contributed by atoms with E-state index in [0.29, 0.717) is 12.8 Å². The predicted molar refractivity (Wildman–Crippen MR) is 169 cm³/mol. The van der Waals surface area contributed by atoms with Gasteiger partial charge in [-0.2, -0.15) is 0 Å². The first kappa shape index (κ1) is 33.4. The number of pyridine rings is 1. The molecule has 0 fully saturated rings. The number of benzene rings is 3. The fourth-order valence-electron chi connectivity index (χ4n) is 4.37. The molecule has 0 amide bonds. The van der Waals surface area contributed by atoms with Crippen LogP contribution in [0.1, 0.15) is 53.0 Å². The van der Waals surface area contributed by atoms with Crippen molar-refractivity contribution in [2.24, 2.45) is 0 Å². The summed E-state index contributed by atoms with van der Waals surface area (Å²) >= 11 is 0. The molecule has 1 aromatic heterocycles. The number of allylic oxidation sites excluding steroid dienone is 2. The Labute approximate surface area is 255 Å². The first-order valence-corrected chi connectivity index (χ1v) is 17.3. The van der Waals surface area contributed by atoms with Crippen LogP contribution >= 0.6 is 0 Å². The monoisotopic (exact) mass is 729 g/mol. The molecule has 1 N–H and O–H groups in total. The molecule has 5 heteroatoms. The van der Waals surface area contributed by atoms with Crippen molar-refractivity contribution in [3.05, 3.63) is 96.3 Å². The first-order valence-electron chi connectivity index (χ1n) is 13.8. The summed E-state index contributed by atoms with van der Waals surface area (Å²) in [5, 5.41) is 11.5. The van der Waals surface area contributed by atoms with Gasteiger partial charge in [-0.25, -0.2) is 0 Å². The van der Waals surface area contributed by atoms with Crippen molar-refractivity contribution in [3.63, 3.8) is 0 Å². The minimum Gasteiger partial charge on any atom is -0.512 e. The number of aliphatic hydroxyl groups excluding tert-OH is 1. The average molecular weight is 729 g/mol. The minimum atomic E-state index is -1.52. The van der Waals surface area contributed by atoms with Crippen LogP contribution in [0.4, 0.5) is 0 Å². The molecule has 40 heavy (non-hydrogen) atoms. The average Bonchev–Trinajstić information content (AvgIpc) is 2.91. The predicted octanol–water partition coefficient (Wildman–Crippen LogP) is 9.03. The second-order valence-corrected chi connectivity index (χ2v) is 17.0. The number of fused-ring (bicyclic) bond motifs is 1. The molecule has 4 rings (SSSR count). The van der Waals surface area contributed by atoms with Gasteiger partial charge in [0.05, 0.1) is 19.3 Å². The van der Waals surface area contributed by atoms with E-state index in [2.05, 4.69) is 113 Å². The quantitative estimate of drug-likeness (QED) is 0.0934. The van der Waals surface area contributed by atoms with Gasteiger partial charge in [-0.3, -0.25) is 9.78 Å². The summed E-state index contributed by atoms with van der Waals surface area (Å²) in [6, 6.07) is 29.5. The maximum atomic E-state index is 10.5. The maximum absolute atomic E-state index is 10.5. The summed E-state index contributed by atoms with van der Waals surface area (Å²) < 4.78 is 0. The third kappa shape index (κ3) is 8.57. The van der Waals surface area contributed by atoms with Crippen molar-refractivity contribution in [1.82, 2.24) is 4.98 Å². The fraction of sp³-hybridized carbons (Fsp3) is 0.314. The van der Waals surface area contributed by atoms with E-state index >= 15 is 0 Å². The van der Waals surface area contributed by atoms with Gasteiger partial charge in [0.1, 0.15) is 0 Å². The fourth-order valence-corrected chi connectivity index (χ4v) is 5.98. The van der Waals surface area contributed by atoms with Crippen LogP contribution in [-0.4, -0.2) is 23.9 Å². The van der Waals surface area contributed by atoms with Crippen LogP contribution in [0.3, 0.4) is 0 Å². The molecular formula is C35H42IrNO2Si-. The number of rotatable bonds is 6. The van der Waals surface area contributed by atoms with Gasteiger partial charge >= 0.3 is 0 Å². The van der Waals surface area contributed by atoms with E-state index in [1.165, 1.54) is 33.3 Å². The molecule has 0 aliphatic carbocycles. The van der Waals surface area contributed by atoms with Crippen LogP contribution in [0.25, 0.3) is 33.3 Å². The smallest absolute Gasteiger partial charge is 0.158 e. The first-order chi connectivity index (χ1) is 18.3. The summed E-state index contributed by atoms with van der Waals surface area (Å²) in [5.41, 5.74) is 7.11. The molecule has 3 nitrogen and oxygen atoms in total. The SMILES string of the molecule is CC(C)(C)c1cc[c-]c(-c2ccc3c(-c4ccccc4)c([Si](C)(C)C)ccc3n2)c1.CCC(=O)/C=C(\O)CC.[Ir]. The largest absolute Gasteiger partial charge is 0.512 e. The van der Waals surface area contributed by atoms with Gasteiger partial charge in [0.25, 0.3) is 0 Å². The van der Waals surface area contributed by atoms with Crippen molar-refractivity contribution in [2.45, 2.75) is 72.5 Å². The van der Waals surface area contributed by atoms with Gasteiger partial charge in [-0.15, -0.1) is 35.4 Å². The summed E-state index contributed by atoms with van der Waals surface area (Å²) in [5.74, 6) is 0.149. The molecule has 0 atom stereocenters. The van der Waals surface area contributed by atoms with E-state index in [0.717, 1.165) is 16.8 Å². The van der Waals surface area contributed by atoms with Crippen molar-refractivity contribution < 1.29 is 30.0 Å². The van der Waals surface area contributed by atoms with Crippen molar-refractivity contribution in [2.75, 3.05) is 0 Å². The zero-order chi connectivity index (χ0) is 28.8. The van der Waals surface area contributed by atoms with E-state index < -0.39 is 8.07 Å². The molecule has 0 saturated carbocycles. The van der Waals surface area contributed by atoms with E-state index in [1.54, 1.807) is 13.8 Å². The molecule has 3 aromatic carbocycles. The van der Waals surface area contributed by atoms with Gasteiger partial charge in [0, 0.05) is 44.4 Å². The second kappa shape index (κ2) is 14.2. The van der Waals surface area contributed by atoms with Gasteiger partial charge in [-0.1, -0.05) is 108 Å². The Bertz CT molecular complexity index is 1460. The van der Waals surface area contributed by atoms with E-state index in [9.17, 15) is 4.79 Å². The Hall–Kier alpha value is -2.85. The Morgan fingerprint density at radius 3 is 2.20 bits per heavy atom. The normalized spacial score (nSPS) is 11.8. The van der Waals surface area contributed by atoms with Crippen molar-refractivity contribution in [1.29, 1.82) is 0 Å². The Kier molecular flexibility index (Phi) is 11.8. The molecule has 0 unspecified atom stereocenters. The maximum Gasteiger partial charge on any atom is 0.158 e. The molecule has 213 valence electrons. The topological polar surface area (TPSA) is 50.2 Å². The number of aromatic nitrogens is 1. The zero-order valence-electron chi connectivity index (χ0n) is 25.1. The molecule has 1 radical (unpaired) electrons. The molecule has 4 aromatic rings. The standard InChI is InChI=1S/C28H30NSi.C7H12O2.Ir/c1-28(2,3)22-14-10-13-21(19-22)24-16-15-23-25(29-24)17-18-26(30(4,5)6)27(23)20-11-8-7-9-12-20;1-3-6(8)5-7(9)4-2;/h7-12,14-19H,1-6H3;5,8H,3-4H2,1-2H3;/q-1;;/b;6-5-;. The number of aliphatic hydroxyl groups is 1. The molecule has 0 bridgehead atoms. The second-order valence-electron chi connectivity index (χ2n) is 11.9. The number of hydrogen-bond donors (Lipinski definition) is 1. The molecule has 0 saturated heterocycles. The van der Waals surface area contributed by atoms with Gasteiger partial charge in [0.15, 0.2) is 5.78 Å². The number of carbonyl (C=O) groups excluding carboxylic acids is 1. The Morgan fingerprint density at radius 1 is 0.950 bits per heavy atom. The van der Waals surface area contributed by atoms with Crippen LogP contribution in [0.2, 0.25) is 19.6 Å². The minimum absolute atomic E-state index is 0. The van der Waals surface area contributed by atoms with Crippen LogP contribution in [0.15, 0.2) is 84.6 Å². The van der Waals surface area contributed by atoms with Gasteiger partial charge in [0.2, 0.25) is 0 Å². The molecule has 0 aliphatic rings. The van der Waals surface area contributed by atoms with Crippen molar-refractivity contribution >= 4 is 29.9 Å². The summed E-state index contributed by atoms with van der Waals surface area (Å²) in [4.78, 5) is 15.6. The molecular weight excluding hydrogens is 687 g/mol. The number of carbonyl (C=O) groups is 1. The third-order valence-electron chi connectivity index (χ3n) is 6.72. The third-order valence-corrected chi connectivity index (χ3v) is 8.76. The summed E-state index contributed by atoms with van der Waals surface area (Å²) in [7, 11) is -1.52. The Balaban J connectivity index is 0.000000486. The van der Waals surface area contributed by atoms with E-state index in [1.807, 2.05) is 6.07 Å². The summed E-state index contributed by atoms with van der Waals surface area (Å²) in [6.45, 7) is 17.5. The van der Waals surface area contributed by atoms with E-state index in [4.69, 9.17) is 10.1 Å². The summed E-state index contributed by atoms with van der Waals surface area (Å²) in [6.07, 6.45) is 2.27. The number of ketones is 1. The molecule has 0 aliphatic heterocycles.